The molecule has 0 radical (unpaired) electrons. The van der Waals surface area contributed by atoms with Gasteiger partial charge in [0, 0.05) is 5.56 Å². The third kappa shape index (κ3) is 3.60. The Labute approximate surface area is 157 Å². The summed E-state index contributed by atoms with van der Waals surface area (Å²) in [5.41, 5.74) is 14.7. The number of nitriles is 1. The van der Waals surface area contributed by atoms with Crippen LogP contribution >= 0.6 is 0 Å². The van der Waals surface area contributed by atoms with Crippen molar-refractivity contribution in [1.29, 1.82) is 5.26 Å². The second kappa shape index (κ2) is 7.62. The first-order chi connectivity index (χ1) is 13.0. The van der Waals surface area contributed by atoms with E-state index in [0.29, 0.717) is 29.4 Å². The highest BCUT2D eigenvalue weighted by Gasteiger charge is 2.20. The number of ether oxygens (including phenoxy) is 2. The molecule has 0 spiro atoms. The molecule has 0 aliphatic carbocycles. The number of aryl methyl sites for hydroxylation is 1. The van der Waals surface area contributed by atoms with E-state index in [2.05, 4.69) is 9.97 Å². The number of aromatic nitrogens is 2. The largest absolute Gasteiger partial charge is 0.493 e. The second-order valence-electron chi connectivity index (χ2n) is 5.85. The molecule has 0 aliphatic heterocycles. The van der Waals surface area contributed by atoms with Crippen LogP contribution in [0.3, 0.4) is 0 Å². The molecule has 7 nitrogen and oxygen atoms in total. The van der Waals surface area contributed by atoms with Crippen molar-refractivity contribution in [3.05, 3.63) is 59.2 Å². The van der Waals surface area contributed by atoms with Gasteiger partial charge in [0.05, 0.1) is 12.8 Å². The van der Waals surface area contributed by atoms with Crippen molar-refractivity contribution in [2.45, 2.75) is 13.5 Å². The number of hydrogen-bond donors (Lipinski definition) is 2. The van der Waals surface area contributed by atoms with Crippen LogP contribution in [0, 0.1) is 18.3 Å². The van der Waals surface area contributed by atoms with E-state index in [1.165, 1.54) is 0 Å². The van der Waals surface area contributed by atoms with Crippen LogP contribution in [0.4, 0.5) is 11.8 Å². The van der Waals surface area contributed by atoms with Gasteiger partial charge >= 0.3 is 0 Å². The molecule has 0 bridgehead atoms. The molecule has 7 heteroatoms. The Morgan fingerprint density at radius 3 is 2.56 bits per heavy atom. The Morgan fingerprint density at radius 2 is 1.85 bits per heavy atom. The molecule has 27 heavy (non-hydrogen) atoms. The number of rotatable bonds is 5. The summed E-state index contributed by atoms with van der Waals surface area (Å²) in [4.78, 5) is 8.07. The molecule has 0 unspecified atom stereocenters. The first-order valence-corrected chi connectivity index (χ1v) is 8.23. The van der Waals surface area contributed by atoms with E-state index < -0.39 is 0 Å². The molecule has 3 aromatic rings. The van der Waals surface area contributed by atoms with Crippen LogP contribution in [0.5, 0.6) is 11.5 Å². The number of benzene rings is 2. The van der Waals surface area contributed by atoms with E-state index in [1.54, 1.807) is 25.3 Å². The minimum Gasteiger partial charge on any atom is -0.493 e. The van der Waals surface area contributed by atoms with Crippen LogP contribution in [0.2, 0.25) is 0 Å². The zero-order valence-electron chi connectivity index (χ0n) is 15.1. The van der Waals surface area contributed by atoms with Gasteiger partial charge in [-0.3, -0.25) is 0 Å². The standard InChI is InChI=1S/C20H19N5O2/c1-12-6-3-4-7-13(12)11-27-18-14(8-5-9-16(18)26-2)17-15(10-21)19(22)25-20(23)24-17/h3-9H,11H2,1-2H3,(H4,22,23,24,25). The zero-order chi connectivity index (χ0) is 19.4. The summed E-state index contributed by atoms with van der Waals surface area (Å²) < 4.78 is 11.5. The lowest BCUT2D eigenvalue weighted by atomic mass is 10.0. The van der Waals surface area contributed by atoms with Gasteiger partial charge in [0.25, 0.3) is 0 Å². The van der Waals surface area contributed by atoms with Gasteiger partial charge in [0.15, 0.2) is 11.5 Å². The number of anilines is 2. The van der Waals surface area contributed by atoms with E-state index in [1.807, 2.05) is 37.3 Å². The Balaban J connectivity index is 2.11. The average Bonchev–Trinajstić information content (AvgIpc) is 2.66. The minimum atomic E-state index is -0.0193. The molecule has 0 amide bonds. The maximum absolute atomic E-state index is 9.49. The molecule has 0 aliphatic rings. The third-order valence-electron chi connectivity index (χ3n) is 4.15. The number of nitrogens with two attached hydrogens (primary N) is 2. The summed E-state index contributed by atoms with van der Waals surface area (Å²) >= 11 is 0. The molecule has 1 heterocycles. The number of hydrogen-bond acceptors (Lipinski definition) is 7. The zero-order valence-corrected chi connectivity index (χ0v) is 15.1. The lowest BCUT2D eigenvalue weighted by Crippen LogP contribution is -2.07. The summed E-state index contributed by atoms with van der Waals surface area (Å²) in [7, 11) is 1.55. The van der Waals surface area contributed by atoms with Gasteiger partial charge in [0.2, 0.25) is 5.95 Å². The van der Waals surface area contributed by atoms with Crippen molar-refractivity contribution < 1.29 is 9.47 Å². The SMILES string of the molecule is COc1cccc(-c2nc(N)nc(N)c2C#N)c1OCc1ccccc1C. The number of nitrogen functional groups attached to an aromatic ring is 2. The Morgan fingerprint density at radius 1 is 1.07 bits per heavy atom. The van der Waals surface area contributed by atoms with Gasteiger partial charge in [-0.2, -0.15) is 10.2 Å². The quantitative estimate of drug-likeness (QED) is 0.716. The van der Waals surface area contributed by atoms with Crippen molar-refractivity contribution in [2.75, 3.05) is 18.6 Å². The van der Waals surface area contributed by atoms with Gasteiger partial charge < -0.3 is 20.9 Å². The molecule has 0 fully saturated rings. The molecule has 3 rings (SSSR count). The number of nitrogens with zero attached hydrogens (tertiary/aromatic N) is 3. The molecule has 4 N–H and O–H groups in total. The Kier molecular flexibility index (Phi) is 5.08. The molecule has 0 saturated carbocycles. The molecule has 0 saturated heterocycles. The van der Waals surface area contributed by atoms with Crippen molar-refractivity contribution in [3.63, 3.8) is 0 Å². The molecule has 2 aromatic carbocycles. The van der Waals surface area contributed by atoms with Crippen LogP contribution in [0.25, 0.3) is 11.3 Å². The summed E-state index contributed by atoms with van der Waals surface area (Å²) in [6.07, 6.45) is 0. The fourth-order valence-electron chi connectivity index (χ4n) is 2.74. The fraction of sp³-hybridized carbons (Fsp3) is 0.150. The Bertz CT molecular complexity index is 1030. The van der Waals surface area contributed by atoms with E-state index in [4.69, 9.17) is 20.9 Å². The van der Waals surface area contributed by atoms with Crippen LogP contribution in [-0.4, -0.2) is 17.1 Å². The van der Waals surface area contributed by atoms with Crippen molar-refractivity contribution in [3.8, 4) is 28.8 Å². The lowest BCUT2D eigenvalue weighted by Gasteiger charge is -2.16. The molecular formula is C20H19N5O2. The van der Waals surface area contributed by atoms with Crippen LogP contribution in [0.1, 0.15) is 16.7 Å². The van der Waals surface area contributed by atoms with Crippen LogP contribution < -0.4 is 20.9 Å². The van der Waals surface area contributed by atoms with Gasteiger partial charge in [-0.1, -0.05) is 30.3 Å². The molecule has 136 valence electrons. The maximum atomic E-state index is 9.49. The van der Waals surface area contributed by atoms with Gasteiger partial charge in [-0.15, -0.1) is 0 Å². The number of para-hydroxylation sites is 1. The monoisotopic (exact) mass is 361 g/mol. The minimum absolute atomic E-state index is 0.0193. The van der Waals surface area contributed by atoms with E-state index in [0.717, 1.165) is 11.1 Å². The van der Waals surface area contributed by atoms with E-state index in [-0.39, 0.29) is 17.3 Å². The summed E-state index contributed by atoms with van der Waals surface area (Å²) in [5.74, 6) is 0.972. The first-order valence-electron chi connectivity index (χ1n) is 8.23. The lowest BCUT2D eigenvalue weighted by molar-refractivity contribution is 0.285. The summed E-state index contributed by atoms with van der Waals surface area (Å²) in [6.45, 7) is 2.35. The predicted molar refractivity (Wildman–Crippen MR) is 103 cm³/mol. The van der Waals surface area contributed by atoms with Gasteiger partial charge in [-0.05, 0) is 30.2 Å². The van der Waals surface area contributed by atoms with Crippen LogP contribution in [-0.2, 0) is 6.61 Å². The van der Waals surface area contributed by atoms with Gasteiger partial charge in [0.1, 0.15) is 24.1 Å². The maximum Gasteiger partial charge on any atom is 0.222 e. The highest BCUT2D eigenvalue weighted by atomic mass is 16.5. The fourth-order valence-corrected chi connectivity index (χ4v) is 2.74. The summed E-state index contributed by atoms with van der Waals surface area (Å²) in [6, 6.07) is 15.3. The topological polar surface area (TPSA) is 120 Å². The highest BCUT2D eigenvalue weighted by Crippen LogP contribution is 2.40. The normalized spacial score (nSPS) is 10.3. The first kappa shape index (κ1) is 18.0. The van der Waals surface area contributed by atoms with Gasteiger partial charge in [-0.25, -0.2) is 4.98 Å². The average molecular weight is 361 g/mol. The third-order valence-corrected chi connectivity index (χ3v) is 4.15. The van der Waals surface area contributed by atoms with Crippen molar-refractivity contribution in [1.82, 2.24) is 9.97 Å². The van der Waals surface area contributed by atoms with E-state index >= 15 is 0 Å². The van der Waals surface area contributed by atoms with Crippen LogP contribution in [0.15, 0.2) is 42.5 Å². The summed E-state index contributed by atoms with van der Waals surface area (Å²) in [5, 5.41) is 9.49. The van der Waals surface area contributed by atoms with E-state index in [9.17, 15) is 5.26 Å². The van der Waals surface area contributed by atoms with Crippen molar-refractivity contribution >= 4 is 11.8 Å². The smallest absolute Gasteiger partial charge is 0.222 e. The Hall–Kier alpha value is -3.79. The molecular weight excluding hydrogens is 342 g/mol. The van der Waals surface area contributed by atoms with Crippen molar-refractivity contribution in [2.24, 2.45) is 0 Å². The highest BCUT2D eigenvalue weighted by molar-refractivity contribution is 5.79. The second-order valence-corrected chi connectivity index (χ2v) is 5.85. The molecule has 0 atom stereocenters. The predicted octanol–water partition coefficient (Wildman–Crippen LogP) is 3.08. The molecule has 1 aromatic heterocycles. The number of methoxy groups -OCH3 is 1.